The molecule has 15 heavy (non-hydrogen) atoms. The number of alkyl halides is 3. The van der Waals surface area contributed by atoms with Gasteiger partial charge in [-0.15, -0.1) is 0 Å². The maximum absolute atomic E-state index is 12.8. The molecule has 0 atom stereocenters. The fourth-order valence-electron chi connectivity index (χ4n) is 0.958. The highest BCUT2D eigenvalue weighted by atomic mass is 79.9. The zero-order valence-corrected chi connectivity index (χ0v) is 8.49. The van der Waals surface area contributed by atoms with Crippen LogP contribution in [0, 0.1) is 5.82 Å². The Labute approximate surface area is 89.6 Å². The van der Waals surface area contributed by atoms with Crippen LogP contribution in [0.5, 0.6) is 0 Å². The summed E-state index contributed by atoms with van der Waals surface area (Å²) in [6.45, 7) is 0. The van der Waals surface area contributed by atoms with Crippen molar-refractivity contribution in [1.82, 2.24) is 0 Å². The minimum atomic E-state index is -4.83. The van der Waals surface area contributed by atoms with E-state index in [2.05, 4.69) is 15.9 Å². The summed E-state index contributed by atoms with van der Waals surface area (Å²) in [5.74, 6) is -2.88. The predicted octanol–water partition coefficient (Wildman–Crippen LogP) is 3.31. The highest BCUT2D eigenvalue weighted by Crippen LogP contribution is 2.34. The van der Waals surface area contributed by atoms with Crippen LogP contribution in [0.25, 0.3) is 0 Å². The summed E-state index contributed by atoms with van der Waals surface area (Å²) < 4.78 is 49.3. The summed E-state index contributed by atoms with van der Waals surface area (Å²) in [6, 6.07) is 0.730. The molecule has 0 aromatic heterocycles. The van der Waals surface area contributed by atoms with Gasteiger partial charge in [0.1, 0.15) is 5.82 Å². The smallest absolute Gasteiger partial charge is 0.417 e. The molecule has 82 valence electrons. The van der Waals surface area contributed by atoms with Crippen LogP contribution in [0.4, 0.5) is 17.6 Å². The molecule has 0 aliphatic rings. The van der Waals surface area contributed by atoms with E-state index in [-0.39, 0.29) is 0 Å². The first-order chi connectivity index (χ1) is 6.73. The van der Waals surface area contributed by atoms with Gasteiger partial charge in [-0.3, -0.25) is 0 Å². The quantitative estimate of drug-likeness (QED) is 0.805. The fraction of sp³-hybridized carbons (Fsp3) is 0.125. The first-order valence-electron chi connectivity index (χ1n) is 3.53. The van der Waals surface area contributed by atoms with Crippen LogP contribution in [-0.2, 0) is 6.18 Å². The summed E-state index contributed by atoms with van der Waals surface area (Å²) in [7, 11) is 0. The number of rotatable bonds is 1. The molecule has 0 unspecified atom stereocenters. The molecule has 0 saturated carbocycles. The second-order valence-electron chi connectivity index (χ2n) is 2.61. The zero-order valence-electron chi connectivity index (χ0n) is 6.90. The van der Waals surface area contributed by atoms with E-state index >= 15 is 0 Å². The molecule has 1 aromatic rings. The number of aromatic carboxylic acids is 1. The maximum atomic E-state index is 12.8. The second kappa shape index (κ2) is 3.80. The van der Waals surface area contributed by atoms with Crippen LogP contribution >= 0.6 is 15.9 Å². The van der Waals surface area contributed by atoms with Crippen molar-refractivity contribution in [2.75, 3.05) is 0 Å². The molecule has 0 bridgehead atoms. The lowest BCUT2D eigenvalue weighted by atomic mass is 10.1. The van der Waals surface area contributed by atoms with Crippen molar-refractivity contribution in [2.45, 2.75) is 6.18 Å². The van der Waals surface area contributed by atoms with Crippen LogP contribution in [0.15, 0.2) is 16.6 Å². The molecule has 0 amide bonds. The van der Waals surface area contributed by atoms with Crippen LogP contribution in [0.1, 0.15) is 15.9 Å². The molecule has 0 saturated heterocycles. The van der Waals surface area contributed by atoms with Gasteiger partial charge in [-0.1, -0.05) is 0 Å². The highest BCUT2D eigenvalue weighted by molar-refractivity contribution is 9.10. The van der Waals surface area contributed by atoms with Crippen molar-refractivity contribution in [3.8, 4) is 0 Å². The maximum Gasteiger partial charge on any atom is 0.417 e. The molecule has 2 nitrogen and oxygen atoms in total. The highest BCUT2D eigenvalue weighted by Gasteiger charge is 2.36. The fourth-order valence-corrected chi connectivity index (χ4v) is 1.30. The van der Waals surface area contributed by atoms with Gasteiger partial charge in [-0.05, 0) is 28.1 Å². The SMILES string of the molecule is O=C(O)c1cc(F)c(Br)cc1C(F)(F)F. The van der Waals surface area contributed by atoms with Gasteiger partial charge in [0.25, 0.3) is 0 Å². The largest absolute Gasteiger partial charge is 0.478 e. The van der Waals surface area contributed by atoms with Gasteiger partial charge in [-0.25, -0.2) is 9.18 Å². The number of benzene rings is 1. The minimum absolute atomic E-state index is 0.329. The number of hydrogen-bond donors (Lipinski definition) is 1. The average molecular weight is 287 g/mol. The Morgan fingerprint density at radius 3 is 2.27 bits per heavy atom. The Morgan fingerprint density at radius 1 is 1.33 bits per heavy atom. The van der Waals surface area contributed by atoms with Crippen LogP contribution in [0.2, 0.25) is 0 Å². The Bertz CT molecular complexity index is 414. The normalized spacial score (nSPS) is 11.5. The Hall–Kier alpha value is -1.11. The number of carbonyl (C=O) groups is 1. The molecular weight excluding hydrogens is 284 g/mol. The Morgan fingerprint density at radius 2 is 1.87 bits per heavy atom. The van der Waals surface area contributed by atoms with Gasteiger partial charge in [0, 0.05) is 0 Å². The van der Waals surface area contributed by atoms with E-state index in [0.29, 0.717) is 12.1 Å². The van der Waals surface area contributed by atoms with Crippen molar-refractivity contribution >= 4 is 21.9 Å². The van der Waals surface area contributed by atoms with Gasteiger partial charge >= 0.3 is 12.1 Å². The third-order valence-electron chi connectivity index (χ3n) is 1.60. The van der Waals surface area contributed by atoms with E-state index in [0.717, 1.165) is 0 Å². The Balaban J connectivity index is 3.49. The lowest BCUT2D eigenvalue weighted by molar-refractivity contribution is -0.138. The van der Waals surface area contributed by atoms with Crippen molar-refractivity contribution in [3.63, 3.8) is 0 Å². The van der Waals surface area contributed by atoms with Gasteiger partial charge < -0.3 is 5.11 Å². The average Bonchev–Trinajstić information content (AvgIpc) is 2.06. The van der Waals surface area contributed by atoms with Crippen LogP contribution in [-0.4, -0.2) is 11.1 Å². The van der Waals surface area contributed by atoms with Crippen molar-refractivity contribution in [3.05, 3.63) is 33.5 Å². The van der Waals surface area contributed by atoms with E-state index in [1.807, 2.05) is 0 Å². The van der Waals surface area contributed by atoms with Gasteiger partial charge in [-0.2, -0.15) is 13.2 Å². The first-order valence-corrected chi connectivity index (χ1v) is 4.32. The summed E-state index contributed by atoms with van der Waals surface area (Å²) in [5, 5.41) is 8.46. The molecule has 0 aliphatic carbocycles. The molecule has 7 heteroatoms. The molecule has 0 spiro atoms. The number of carboxylic acid groups (broad SMARTS) is 1. The molecule has 0 heterocycles. The molecule has 1 rings (SSSR count). The van der Waals surface area contributed by atoms with Gasteiger partial charge in [0.05, 0.1) is 15.6 Å². The molecule has 0 fully saturated rings. The van der Waals surface area contributed by atoms with Crippen LogP contribution in [0.3, 0.4) is 0 Å². The standard InChI is InChI=1S/C8H3BrF4O2/c9-5-2-4(8(11,12)13)3(7(14)15)1-6(5)10/h1-2H,(H,14,15). The minimum Gasteiger partial charge on any atom is -0.478 e. The Kier molecular flexibility index (Phi) is 3.03. The van der Waals surface area contributed by atoms with Gasteiger partial charge in [0.15, 0.2) is 0 Å². The molecular formula is C8H3BrF4O2. The molecule has 1 N–H and O–H groups in total. The van der Waals surface area contributed by atoms with E-state index in [1.54, 1.807) is 0 Å². The van der Waals surface area contributed by atoms with Crippen LogP contribution < -0.4 is 0 Å². The van der Waals surface area contributed by atoms with E-state index in [4.69, 9.17) is 5.11 Å². The lowest BCUT2D eigenvalue weighted by Crippen LogP contribution is -2.13. The third kappa shape index (κ3) is 2.47. The predicted molar refractivity (Wildman–Crippen MR) is 46.1 cm³/mol. The van der Waals surface area contributed by atoms with E-state index in [1.165, 1.54) is 0 Å². The molecule has 0 aliphatic heterocycles. The second-order valence-corrected chi connectivity index (χ2v) is 3.47. The summed E-state index contributed by atoms with van der Waals surface area (Å²) in [6.07, 6.45) is -4.83. The number of hydrogen-bond acceptors (Lipinski definition) is 1. The van der Waals surface area contributed by atoms with E-state index < -0.39 is 33.6 Å². The zero-order chi connectivity index (χ0) is 11.8. The third-order valence-corrected chi connectivity index (χ3v) is 2.20. The first kappa shape index (κ1) is 12.0. The van der Waals surface area contributed by atoms with Crippen molar-refractivity contribution in [2.24, 2.45) is 0 Å². The topological polar surface area (TPSA) is 37.3 Å². The lowest BCUT2D eigenvalue weighted by Gasteiger charge is -2.10. The van der Waals surface area contributed by atoms with Gasteiger partial charge in [0.2, 0.25) is 0 Å². The van der Waals surface area contributed by atoms with E-state index in [9.17, 15) is 22.4 Å². The monoisotopic (exact) mass is 286 g/mol. The number of carboxylic acids is 1. The van der Waals surface area contributed by atoms with Crippen molar-refractivity contribution < 1.29 is 27.5 Å². The summed E-state index contributed by atoms with van der Waals surface area (Å²) in [4.78, 5) is 10.4. The summed E-state index contributed by atoms with van der Waals surface area (Å²) in [5.41, 5.74) is -2.49. The summed E-state index contributed by atoms with van der Waals surface area (Å²) >= 11 is 2.55. The van der Waals surface area contributed by atoms with Crippen molar-refractivity contribution in [1.29, 1.82) is 0 Å². The molecule has 1 aromatic carbocycles. The molecule has 0 radical (unpaired) electrons. The number of halogens is 5.